The smallest absolute Gasteiger partial charge is 0.267 e. The van der Waals surface area contributed by atoms with Crippen LogP contribution in [0.3, 0.4) is 0 Å². The van der Waals surface area contributed by atoms with Gasteiger partial charge in [-0.1, -0.05) is 12.5 Å². The summed E-state index contributed by atoms with van der Waals surface area (Å²) in [5, 5.41) is 5.09. The van der Waals surface area contributed by atoms with Gasteiger partial charge >= 0.3 is 0 Å². The average Bonchev–Trinajstić information content (AvgIpc) is 2.39. The van der Waals surface area contributed by atoms with Gasteiger partial charge in [0.25, 0.3) is 5.91 Å². The van der Waals surface area contributed by atoms with Crippen molar-refractivity contribution in [2.24, 2.45) is 0 Å². The summed E-state index contributed by atoms with van der Waals surface area (Å²) in [7, 11) is 1.84. The lowest BCUT2D eigenvalue weighted by atomic mass is 10.1. The fourth-order valence-electron chi connectivity index (χ4n) is 2.27. The Balaban J connectivity index is 2.08. The van der Waals surface area contributed by atoms with Gasteiger partial charge in [0.1, 0.15) is 0 Å². The number of nitrogens with one attached hydrogen (secondary N) is 2. The van der Waals surface area contributed by atoms with Gasteiger partial charge in [-0.05, 0) is 37.5 Å². The van der Waals surface area contributed by atoms with Gasteiger partial charge in [-0.15, -0.1) is 0 Å². The minimum atomic E-state index is -0.0266. The van der Waals surface area contributed by atoms with Crippen molar-refractivity contribution in [1.82, 2.24) is 10.4 Å². The molecule has 1 aromatic rings. The maximum absolute atomic E-state index is 12.2. The van der Waals surface area contributed by atoms with Gasteiger partial charge in [-0.2, -0.15) is 0 Å². The molecule has 98 valence electrons. The van der Waals surface area contributed by atoms with Crippen LogP contribution in [0.15, 0.2) is 18.2 Å². The predicted octanol–water partition coefficient (Wildman–Crippen LogP) is 2.17. The van der Waals surface area contributed by atoms with E-state index in [1.807, 2.05) is 37.2 Å². The number of anilines is 1. The molecule has 0 radical (unpaired) electrons. The normalized spacial score (nSPS) is 16.3. The predicted molar refractivity (Wildman–Crippen MR) is 73.6 cm³/mol. The fourth-order valence-corrected chi connectivity index (χ4v) is 2.27. The van der Waals surface area contributed by atoms with Crippen LogP contribution in [0.2, 0.25) is 0 Å². The van der Waals surface area contributed by atoms with Crippen LogP contribution in [-0.4, -0.2) is 31.1 Å². The number of aryl methyl sites for hydroxylation is 1. The summed E-state index contributed by atoms with van der Waals surface area (Å²) in [5.74, 6) is -0.0266. The number of carbonyl (C=O) groups is 1. The van der Waals surface area contributed by atoms with E-state index in [1.165, 1.54) is 6.42 Å². The van der Waals surface area contributed by atoms with Crippen molar-refractivity contribution in [2.75, 3.05) is 25.5 Å². The molecule has 0 saturated carbocycles. The minimum Gasteiger partial charge on any atom is -0.387 e. The molecule has 1 saturated heterocycles. The third kappa shape index (κ3) is 3.01. The van der Waals surface area contributed by atoms with E-state index in [0.29, 0.717) is 5.56 Å². The van der Waals surface area contributed by atoms with Crippen molar-refractivity contribution in [1.29, 1.82) is 0 Å². The zero-order valence-electron chi connectivity index (χ0n) is 11.1. The van der Waals surface area contributed by atoms with E-state index in [9.17, 15) is 4.79 Å². The maximum atomic E-state index is 12.2. The van der Waals surface area contributed by atoms with Crippen LogP contribution in [0.5, 0.6) is 0 Å². The summed E-state index contributed by atoms with van der Waals surface area (Å²) in [6.45, 7) is 3.92. The zero-order chi connectivity index (χ0) is 13.0. The number of carbonyl (C=O) groups excluding carboxylic acids is 1. The number of nitrogens with zero attached hydrogens (tertiary/aromatic N) is 1. The highest BCUT2D eigenvalue weighted by molar-refractivity contribution is 5.99. The first kappa shape index (κ1) is 12.9. The molecule has 0 atom stereocenters. The molecule has 0 bridgehead atoms. The van der Waals surface area contributed by atoms with E-state index in [0.717, 1.165) is 37.2 Å². The molecule has 0 aliphatic carbocycles. The lowest BCUT2D eigenvalue weighted by Crippen LogP contribution is -2.45. The molecule has 0 aromatic heterocycles. The highest BCUT2D eigenvalue weighted by atomic mass is 16.2. The third-order valence-corrected chi connectivity index (χ3v) is 3.30. The summed E-state index contributed by atoms with van der Waals surface area (Å²) in [5.41, 5.74) is 5.71. The van der Waals surface area contributed by atoms with Crippen molar-refractivity contribution in [2.45, 2.75) is 26.2 Å². The van der Waals surface area contributed by atoms with Crippen LogP contribution in [-0.2, 0) is 0 Å². The standard InChI is InChI=1S/C14H21N3O/c1-11-6-7-12(13(10-11)15-2)14(18)16-17-8-4-3-5-9-17/h6-7,10,15H,3-5,8-9H2,1-2H3,(H,16,18). The van der Waals surface area contributed by atoms with Crippen LogP contribution in [0.1, 0.15) is 35.2 Å². The van der Waals surface area contributed by atoms with E-state index < -0.39 is 0 Å². The van der Waals surface area contributed by atoms with Crippen molar-refractivity contribution in [3.8, 4) is 0 Å². The van der Waals surface area contributed by atoms with Crippen LogP contribution >= 0.6 is 0 Å². The largest absolute Gasteiger partial charge is 0.387 e. The van der Waals surface area contributed by atoms with Crippen LogP contribution in [0.4, 0.5) is 5.69 Å². The second-order valence-corrected chi connectivity index (χ2v) is 4.79. The highest BCUT2D eigenvalue weighted by Gasteiger charge is 2.16. The Morgan fingerprint density at radius 1 is 1.22 bits per heavy atom. The maximum Gasteiger partial charge on any atom is 0.267 e. The summed E-state index contributed by atoms with van der Waals surface area (Å²) >= 11 is 0. The number of amides is 1. The molecule has 2 N–H and O–H groups in total. The van der Waals surface area contributed by atoms with Crippen molar-refractivity contribution >= 4 is 11.6 Å². The molecule has 2 rings (SSSR count). The van der Waals surface area contributed by atoms with Gasteiger partial charge in [0.15, 0.2) is 0 Å². The Kier molecular flexibility index (Phi) is 4.20. The molecule has 4 heteroatoms. The quantitative estimate of drug-likeness (QED) is 0.860. The Hall–Kier alpha value is -1.55. The van der Waals surface area contributed by atoms with Gasteiger partial charge in [0.05, 0.1) is 5.56 Å². The van der Waals surface area contributed by atoms with Crippen LogP contribution < -0.4 is 10.7 Å². The summed E-state index contributed by atoms with van der Waals surface area (Å²) < 4.78 is 0. The monoisotopic (exact) mass is 247 g/mol. The molecule has 1 heterocycles. The lowest BCUT2D eigenvalue weighted by molar-refractivity contribution is 0.0751. The van der Waals surface area contributed by atoms with Crippen molar-refractivity contribution < 1.29 is 4.79 Å². The molecule has 1 amide bonds. The molecule has 0 unspecified atom stereocenters. The van der Waals surface area contributed by atoms with Gasteiger partial charge in [0.2, 0.25) is 0 Å². The Bertz CT molecular complexity index is 425. The van der Waals surface area contributed by atoms with Gasteiger partial charge in [0, 0.05) is 25.8 Å². The Morgan fingerprint density at radius 3 is 2.61 bits per heavy atom. The number of rotatable bonds is 3. The molecular weight excluding hydrogens is 226 g/mol. The second-order valence-electron chi connectivity index (χ2n) is 4.79. The molecule has 0 spiro atoms. The third-order valence-electron chi connectivity index (χ3n) is 3.30. The molecule has 1 aliphatic rings. The molecule has 4 nitrogen and oxygen atoms in total. The number of hydrogen-bond donors (Lipinski definition) is 2. The Labute approximate surface area is 108 Å². The summed E-state index contributed by atoms with van der Waals surface area (Å²) in [6, 6.07) is 5.83. The summed E-state index contributed by atoms with van der Waals surface area (Å²) in [6.07, 6.45) is 3.58. The number of benzene rings is 1. The lowest BCUT2D eigenvalue weighted by Gasteiger charge is -2.27. The van der Waals surface area contributed by atoms with E-state index >= 15 is 0 Å². The van der Waals surface area contributed by atoms with E-state index in [1.54, 1.807) is 0 Å². The van der Waals surface area contributed by atoms with Crippen molar-refractivity contribution in [3.63, 3.8) is 0 Å². The summed E-state index contributed by atoms with van der Waals surface area (Å²) in [4.78, 5) is 12.2. The molecule has 1 fully saturated rings. The first-order valence-corrected chi connectivity index (χ1v) is 6.55. The van der Waals surface area contributed by atoms with Gasteiger partial charge in [-0.3, -0.25) is 10.2 Å². The molecule has 1 aromatic carbocycles. The number of hydrazine groups is 1. The zero-order valence-corrected chi connectivity index (χ0v) is 11.1. The number of hydrogen-bond acceptors (Lipinski definition) is 3. The van der Waals surface area contributed by atoms with E-state index in [2.05, 4.69) is 10.7 Å². The molecule has 18 heavy (non-hydrogen) atoms. The van der Waals surface area contributed by atoms with Crippen LogP contribution in [0, 0.1) is 6.92 Å². The van der Waals surface area contributed by atoms with Crippen LogP contribution in [0.25, 0.3) is 0 Å². The number of piperidine rings is 1. The molecule has 1 aliphatic heterocycles. The molecular formula is C14H21N3O. The fraction of sp³-hybridized carbons (Fsp3) is 0.500. The van der Waals surface area contributed by atoms with E-state index in [4.69, 9.17) is 0 Å². The second kappa shape index (κ2) is 5.87. The van der Waals surface area contributed by atoms with Gasteiger partial charge < -0.3 is 5.32 Å². The first-order valence-electron chi connectivity index (χ1n) is 6.55. The first-order chi connectivity index (χ1) is 8.70. The minimum absolute atomic E-state index is 0.0266. The van der Waals surface area contributed by atoms with E-state index in [-0.39, 0.29) is 5.91 Å². The van der Waals surface area contributed by atoms with Crippen molar-refractivity contribution in [3.05, 3.63) is 29.3 Å². The highest BCUT2D eigenvalue weighted by Crippen LogP contribution is 2.17. The Morgan fingerprint density at radius 2 is 1.94 bits per heavy atom. The van der Waals surface area contributed by atoms with Gasteiger partial charge in [-0.25, -0.2) is 5.01 Å². The SMILES string of the molecule is CNc1cc(C)ccc1C(=O)NN1CCCCC1. The average molecular weight is 247 g/mol. The topological polar surface area (TPSA) is 44.4 Å².